The molecule has 2 aliphatic rings. The lowest BCUT2D eigenvalue weighted by Crippen LogP contribution is -2.39. The minimum absolute atomic E-state index is 0.0396. The summed E-state index contributed by atoms with van der Waals surface area (Å²) in [6.07, 6.45) is 6.60. The van der Waals surface area contributed by atoms with Crippen molar-refractivity contribution in [3.8, 4) is 0 Å². The molecule has 0 unspecified atom stereocenters. The highest BCUT2D eigenvalue weighted by Gasteiger charge is 2.28. The Morgan fingerprint density at radius 3 is 2.61 bits per heavy atom. The number of nitrogens with zero attached hydrogens (tertiary/aromatic N) is 4. The van der Waals surface area contributed by atoms with E-state index >= 15 is 0 Å². The third kappa shape index (κ3) is 3.41. The van der Waals surface area contributed by atoms with Crippen LogP contribution in [0.2, 0.25) is 0 Å². The van der Waals surface area contributed by atoms with Gasteiger partial charge in [-0.2, -0.15) is 4.98 Å². The normalized spacial score (nSPS) is 18.7. The molecule has 3 heterocycles. The van der Waals surface area contributed by atoms with Crippen LogP contribution < -0.4 is 16.1 Å². The average molecular weight is 387 g/mol. The summed E-state index contributed by atoms with van der Waals surface area (Å²) < 4.78 is 6.42. The summed E-state index contributed by atoms with van der Waals surface area (Å²) in [4.78, 5) is 50.7. The zero-order valence-corrected chi connectivity index (χ0v) is 16.0. The number of aromatic amines is 1. The molecule has 0 atom stereocenters. The van der Waals surface area contributed by atoms with Crippen LogP contribution in [0.4, 0.5) is 5.95 Å². The smallest absolute Gasteiger partial charge is 0.330 e. The number of piperidine rings is 1. The van der Waals surface area contributed by atoms with Crippen LogP contribution in [0, 0.1) is 5.92 Å². The summed E-state index contributed by atoms with van der Waals surface area (Å²) in [6, 6.07) is -0.0396. The number of anilines is 1. The second kappa shape index (κ2) is 7.73. The molecule has 1 N–H and O–H groups in total. The molecule has 1 aliphatic carbocycles. The van der Waals surface area contributed by atoms with Gasteiger partial charge in [0.15, 0.2) is 5.65 Å². The number of aromatic nitrogens is 4. The highest BCUT2D eigenvalue weighted by molar-refractivity contribution is 5.74. The molecule has 0 aromatic carbocycles. The van der Waals surface area contributed by atoms with Crippen molar-refractivity contribution in [2.24, 2.45) is 5.92 Å². The van der Waals surface area contributed by atoms with Gasteiger partial charge >= 0.3 is 11.7 Å². The standard InChI is InChI=1S/C19H25N5O4/c1-2-28-17(26)12-7-9-23(10-8-12)18-20-11-14-15(21-18)22-19(27)24(16(14)25)13-5-3-4-6-13/h11-13H,2-10H2,1H3,(H,20,21,22,27). The largest absolute Gasteiger partial charge is 0.466 e. The summed E-state index contributed by atoms with van der Waals surface area (Å²) in [7, 11) is 0. The van der Waals surface area contributed by atoms with Gasteiger partial charge in [0.05, 0.1) is 12.5 Å². The van der Waals surface area contributed by atoms with Crippen molar-refractivity contribution in [1.29, 1.82) is 0 Å². The van der Waals surface area contributed by atoms with E-state index in [0.29, 0.717) is 43.9 Å². The molecule has 1 saturated carbocycles. The number of nitrogens with one attached hydrogen (secondary N) is 1. The molecule has 4 rings (SSSR count). The Labute approximate surface area is 161 Å². The highest BCUT2D eigenvalue weighted by Crippen LogP contribution is 2.27. The molecule has 1 saturated heterocycles. The number of rotatable bonds is 4. The van der Waals surface area contributed by atoms with Crippen molar-refractivity contribution < 1.29 is 9.53 Å². The number of esters is 1. The quantitative estimate of drug-likeness (QED) is 0.789. The summed E-state index contributed by atoms with van der Waals surface area (Å²) >= 11 is 0. The highest BCUT2D eigenvalue weighted by atomic mass is 16.5. The second-order valence-electron chi connectivity index (χ2n) is 7.49. The molecule has 28 heavy (non-hydrogen) atoms. The van der Waals surface area contributed by atoms with Gasteiger partial charge in [0.1, 0.15) is 5.39 Å². The Balaban J connectivity index is 1.57. The van der Waals surface area contributed by atoms with Crippen molar-refractivity contribution in [1.82, 2.24) is 19.5 Å². The van der Waals surface area contributed by atoms with Crippen LogP contribution in [0.1, 0.15) is 51.5 Å². The maximum Gasteiger partial charge on any atom is 0.330 e. The van der Waals surface area contributed by atoms with Crippen molar-refractivity contribution in [2.75, 3.05) is 24.6 Å². The molecule has 9 nitrogen and oxygen atoms in total. The van der Waals surface area contributed by atoms with E-state index in [2.05, 4.69) is 15.0 Å². The zero-order valence-electron chi connectivity index (χ0n) is 16.0. The summed E-state index contributed by atoms with van der Waals surface area (Å²) in [5.41, 5.74) is -0.463. The Morgan fingerprint density at radius 1 is 1.21 bits per heavy atom. The van der Waals surface area contributed by atoms with Crippen LogP contribution >= 0.6 is 0 Å². The van der Waals surface area contributed by atoms with Crippen LogP contribution in [0.15, 0.2) is 15.8 Å². The van der Waals surface area contributed by atoms with E-state index in [1.807, 2.05) is 4.90 Å². The van der Waals surface area contributed by atoms with Crippen LogP contribution in [0.5, 0.6) is 0 Å². The minimum Gasteiger partial charge on any atom is -0.466 e. The van der Waals surface area contributed by atoms with Crippen molar-refractivity contribution in [3.63, 3.8) is 0 Å². The number of hydrogen-bond donors (Lipinski definition) is 1. The van der Waals surface area contributed by atoms with Crippen LogP contribution in [-0.2, 0) is 9.53 Å². The zero-order chi connectivity index (χ0) is 19.7. The number of ether oxygens (including phenoxy) is 1. The molecule has 2 aromatic rings. The number of fused-ring (bicyclic) bond motifs is 1. The third-order valence-corrected chi connectivity index (χ3v) is 5.76. The predicted molar refractivity (Wildman–Crippen MR) is 103 cm³/mol. The summed E-state index contributed by atoms with van der Waals surface area (Å²) in [5, 5.41) is 0.330. The first-order chi connectivity index (χ1) is 13.6. The monoisotopic (exact) mass is 387 g/mol. The van der Waals surface area contributed by atoms with E-state index in [4.69, 9.17) is 4.74 Å². The first-order valence-corrected chi connectivity index (χ1v) is 10.0. The molecule has 0 spiro atoms. The Bertz CT molecular complexity index is 984. The third-order valence-electron chi connectivity index (χ3n) is 5.76. The van der Waals surface area contributed by atoms with E-state index in [9.17, 15) is 14.4 Å². The molecule has 150 valence electrons. The van der Waals surface area contributed by atoms with E-state index < -0.39 is 5.69 Å². The first-order valence-electron chi connectivity index (χ1n) is 10.0. The number of carbonyl (C=O) groups excluding carboxylic acids is 1. The van der Waals surface area contributed by atoms with E-state index in [-0.39, 0.29) is 29.1 Å². The molecule has 0 radical (unpaired) electrons. The van der Waals surface area contributed by atoms with Crippen molar-refractivity contribution in [2.45, 2.75) is 51.5 Å². The molecule has 0 amide bonds. The fraction of sp³-hybridized carbons (Fsp3) is 0.632. The van der Waals surface area contributed by atoms with Gasteiger partial charge in [-0.1, -0.05) is 12.8 Å². The van der Waals surface area contributed by atoms with Gasteiger partial charge in [-0.15, -0.1) is 0 Å². The Morgan fingerprint density at radius 2 is 1.93 bits per heavy atom. The van der Waals surface area contributed by atoms with Crippen LogP contribution in [-0.4, -0.2) is 45.2 Å². The SMILES string of the molecule is CCOC(=O)C1CCN(c2ncc3c(=O)n(C4CCCC4)c(=O)[nH]c3n2)CC1. The van der Waals surface area contributed by atoms with Crippen molar-refractivity contribution >= 4 is 23.0 Å². The maximum absolute atomic E-state index is 12.8. The fourth-order valence-corrected chi connectivity index (χ4v) is 4.23. The summed E-state index contributed by atoms with van der Waals surface area (Å²) in [5.74, 6) is 0.205. The van der Waals surface area contributed by atoms with Crippen LogP contribution in [0.25, 0.3) is 11.0 Å². The molecular weight excluding hydrogens is 362 g/mol. The number of H-pyrrole nitrogens is 1. The Kier molecular flexibility index (Phi) is 5.15. The first kappa shape index (κ1) is 18.6. The predicted octanol–water partition coefficient (Wildman–Crippen LogP) is 1.37. The van der Waals surface area contributed by atoms with Gasteiger partial charge in [-0.25, -0.2) is 9.78 Å². The fourth-order valence-electron chi connectivity index (χ4n) is 4.23. The van der Waals surface area contributed by atoms with E-state index in [1.165, 1.54) is 10.8 Å². The topological polar surface area (TPSA) is 110 Å². The van der Waals surface area contributed by atoms with E-state index in [0.717, 1.165) is 25.7 Å². The minimum atomic E-state index is -0.407. The van der Waals surface area contributed by atoms with Gasteiger partial charge in [0.25, 0.3) is 5.56 Å². The average Bonchev–Trinajstić information content (AvgIpc) is 3.22. The lowest BCUT2D eigenvalue weighted by Gasteiger charge is -2.30. The van der Waals surface area contributed by atoms with Gasteiger partial charge in [-0.3, -0.25) is 19.1 Å². The number of hydrogen-bond acceptors (Lipinski definition) is 7. The van der Waals surface area contributed by atoms with Gasteiger partial charge in [0.2, 0.25) is 5.95 Å². The molecule has 2 fully saturated rings. The van der Waals surface area contributed by atoms with E-state index in [1.54, 1.807) is 6.92 Å². The lowest BCUT2D eigenvalue weighted by molar-refractivity contribution is -0.148. The lowest BCUT2D eigenvalue weighted by atomic mass is 9.97. The maximum atomic E-state index is 12.8. The van der Waals surface area contributed by atoms with Gasteiger partial charge < -0.3 is 9.64 Å². The van der Waals surface area contributed by atoms with Crippen LogP contribution in [0.3, 0.4) is 0 Å². The molecule has 1 aliphatic heterocycles. The second-order valence-corrected chi connectivity index (χ2v) is 7.49. The molecule has 2 aromatic heterocycles. The summed E-state index contributed by atoms with van der Waals surface area (Å²) in [6.45, 7) is 3.44. The van der Waals surface area contributed by atoms with Gasteiger partial charge in [0, 0.05) is 25.3 Å². The number of carbonyl (C=O) groups is 1. The molecular formula is C19H25N5O4. The molecule has 9 heteroatoms. The van der Waals surface area contributed by atoms with Crippen molar-refractivity contribution in [3.05, 3.63) is 27.0 Å². The van der Waals surface area contributed by atoms with Gasteiger partial charge in [-0.05, 0) is 32.6 Å². The Hall–Kier alpha value is -2.71. The molecule has 0 bridgehead atoms.